The number of hydrogen-bond acceptors (Lipinski definition) is 7. The van der Waals surface area contributed by atoms with Gasteiger partial charge in [0.25, 0.3) is 0 Å². The first kappa shape index (κ1) is 32.3. The number of carboxylic acids is 1. The van der Waals surface area contributed by atoms with E-state index in [-0.39, 0.29) is 37.7 Å². The minimum absolute atomic E-state index is 0.0549. The molecular weight excluding hydrogens is 494 g/mol. The molecule has 0 aliphatic heterocycles. The zero-order valence-corrected chi connectivity index (χ0v) is 22.1. The zero-order valence-electron chi connectivity index (χ0n) is 22.1. The molecule has 0 bridgehead atoms. The summed E-state index contributed by atoms with van der Waals surface area (Å²) in [5.74, 6) is -3.41. The lowest BCUT2D eigenvalue weighted by molar-refractivity contribution is -0.145. The predicted octanol–water partition coefficient (Wildman–Crippen LogP) is -1.42. The van der Waals surface area contributed by atoms with Gasteiger partial charge in [0.15, 0.2) is 12.0 Å². The molecule has 0 saturated carbocycles. The number of hydrogen-bond donors (Lipinski definition) is 8. The zero-order chi connectivity index (χ0) is 28.8. The van der Waals surface area contributed by atoms with Crippen LogP contribution in [0.2, 0.25) is 0 Å². The van der Waals surface area contributed by atoms with Crippen LogP contribution in [-0.2, 0) is 25.6 Å². The Morgan fingerprint density at radius 1 is 0.921 bits per heavy atom. The molecule has 0 spiro atoms. The maximum Gasteiger partial charge on any atom is 0.328 e. The van der Waals surface area contributed by atoms with Crippen molar-refractivity contribution in [2.75, 3.05) is 6.54 Å². The van der Waals surface area contributed by atoms with Crippen molar-refractivity contribution in [3.05, 3.63) is 35.9 Å². The molecule has 0 aliphatic rings. The Morgan fingerprint density at radius 3 is 2.03 bits per heavy atom. The van der Waals surface area contributed by atoms with Gasteiger partial charge >= 0.3 is 5.97 Å². The molecule has 11 N–H and O–H groups in total. The Balaban J connectivity index is 3.14. The largest absolute Gasteiger partial charge is 0.480 e. The minimum Gasteiger partial charge on any atom is -0.480 e. The number of nitrogens with zero attached hydrogens (tertiary/aromatic N) is 1. The highest BCUT2D eigenvalue weighted by Gasteiger charge is 2.32. The number of aliphatic hydroxyl groups excluding tert-OH is 1. The molecule has 13 nitrogen and oxygen atoms in total. The van der Waals surface area contributed by atoms with E-state index in [1.165, 1.54) is 6.92 Å². The van der Waals surface area contributed by atoms with Gasteiger partial charge in [0.2, 0.25) is 17.7 Å². The summed E-state index contributed by atoms with van der Waals surface area (Å²) in [5, 5.41) is 26.6. The first-order chi connectivity index (χ1) is 17.8. The van der Waals surface area contributed by atoms with Crippen molar-refractivity contribution in [2.45, 2.75) is 76.7 Å². The first-order valence-corrected chi connectivity index (χ1v) is 12.5. The second kappa shape index (κ2) is 16.2. The Kier molecular flexibility index (Phi) is 13.8. The molecule has 5 atom stereocenters. The van der Waals surface area contributed by atoms with E-state index in [0.29, 0.717) is 6.42 Å². The van der Waals surface area contributed by atoms with Crippen molar-refractivity contribution < 1.29 is 29.4 Å². The number of aliphatic hydroxyl groups is 1. The highest BCUT2D eigenvalue weighted by atomic mass is 16.4. The Bertz CT molecular complexity index is 951. The van der Waals surface area contributed by atoms with E-state index in [1.54, 1.807) is 24.3 Å². The number of amides is 3. The average molecular weight is 536 g/mol. The van der Waals surface area contributed by atoms with Gasteiger partial charge in [0.1, 0.15) is 12.1 Å². The lowest BCUT2D eigenvalue weighted by atomic mass is 10.0. The molecule has 13 heteroatoms. The smallest absolute Gasteiger partial charge is 0.328 e. The molecule has 5 unspecified atom stereocenters. The molecule has 0 radical (unpaired) electrons. The van der Waals surface area contributed by atoms with Crippen LogP contribution >= 0.6 is 0 Å². The number of carbonyl (C=O) groups is 4. The van der Waals surface area contributed by atoms with Gasteiger partial charge in [-0.25, -0.2) is 4.79 Å². The Labute approximate surface area is 222 Å². The molecule has 0 aromatic heterocycles. The van der Waals surface area contributed by atoms with E-state index in [9.17, 15) is 29.4 Å². The number of benzene rings is 1. The number of nitrogens with one attached hydrogen (secondary N) is 3. The van der Waals surface area contributed by atoms with Crippen LogP contribution in [0, 0.1) is 5.92 Å². The van der Waals surface area contributed by atoms with E-state index >= 15 is 0 Å². The second-order valence-electron chi connectivity index (χ2n) is 9.56. The second-order valence-corrected chi connectivity index (χ2v) is 9.56. The van der Waals surface area contributed by atoms with Gasteiger partial charge in [-0.05, 0) is 37.7 Å². The monoisotopic (exact) mass is 535 g/mol. The molecule has 1 aromatic carbocycles. The molecule has 212 valence electrons. The summed E-state index contributed by atoms with van der Waals surface area (Å²) in [6.45, 7) is 5.22. The number of carboxylic acid groups (broad SMARTS) is 1. The summed E-state index contributed by atoms with van der Waals surface area (Å²) < 4.78 is 0. The molecule has 1 aromatic rings. The van der Waals surface area contributed by atoms with Crippen LogP contribution in [0.4, 0.5) is 0 Å². The third-order valence-electron chi connectivity index (χ3n) is 5.60. The van der Waals surface area contributed by atoms with Crippen molar-refractivity contribution in [1.29, 1.82) is 0 Å². The highest BCUT2D eigenvalue weighted by molar-refractivity contribution is 5.94. The van der Waals surface area contributed by atoms with Crippen LogP contribution in [0.5, 0.6) is 0 Å². The molecule has 0 saturated heterocycles. The van der Waals surface area contributed by atoms with Crippen LogP contribution in [0.1, 0.15) is 45.6 Å². The van der Waals surface area contributed by atoms with Gasteiger partial charge in [-0.3, -0.25) is 19.4 Å². The van der Waals surface area contributed by atoms with E-state index in [2.05, 4.69) is 20.9 Å². The lowest BCUT2D eigenvalue weighted by Crippen LogP contribution is -2.58. The molecule has 3 amide bonds. The number of carbonyl (C=O) groups excluding carboxylic acids is 3. The fourth-order valence-corrected chi connectivity index (χ4v) is 3.64. The summed E-state index contributed by atoms with van der Waals surface area (Å²) >= 11 is 0. The Hall–Kier alpha value is -3.71. The molecule has 1 rings (SSSR count). The number of aliphatic imine (C=N–C) groups is 1. The average Bonchev–Trinajstić information content (AvgIpc) is 2.83. The van der Waals surface area contributed by atoms with Gasteiger partial charge < -0.3 is 43.4 Å². The summed E-state index contributed by atoms with van der Waals surface area (Å²) in [6.07, 6.45) is -0.517. The number of rotatable bonds is 16. The molecule has 0 aliphatic carbocycles. The molecular formula is C25H41N7O6. The van der Waals surface area contributed by atoms with Crippen molar-refractivity contribution in [1.82, 2.24) is 16.0 Å². The van der Waals surface area contributed by atoms with Crippen molar-refractivity contribution in [3.63, 3.8) is 0 Å². The summed E-state index contributed by atoms with van der Waals surface area (Å²) in [5.41, 5.74) is 17.4. The molecule has 0 fully saturated rings. The highest BCUT2D eigenvalue weighted by Crippen LogP contribution is 2.08. The van der Waals surface area contributed by atoms with Crippen molar-refractivity contribution in [2.24, 2.45) is 28.1 Å². The van der Waals surface area contributed by atoms with Crippen LogP contribution in [0.25, 0.3) is 0 Å². The summed E-state index contributed by atoms with van der Waals surface area (Å²) in [6, 6.07) is 4.29. The maximum absolute atomic E-state index is 13.4. The number of guanidine groups is 1. The SMILES string of the molecule is CC(C)CC(N)C(=O)NC(Cc1ccccc1)C(=O)NC(CCCN=C(N)N)C(=O)NC(C(=O)O)C(C)O. The summed E-state index contributed by atoms with van der Waals surface area (Å²) in [4.78, 5) is 54.4. The predicted molar refractivity (Wildman–Crippen MR) is 143 cm³/mol. The fourth-order valence-electron chi connectivity index (χ4n) is 3.64. The minimum atomic E-state index is -1.59. The standard InChI is InChI=1S/C25H41N7O6/c1-14(2)12-17(26)21(34)31-19(13-16-8-5-4-6-9-16)23(36)30-18(10-7-11-29-25(27)28)22(35)32-20(15(3)33)24(37)38/h4-6,8-9,14-15,17-20,33H,7,10-13,26H2,1-3H3,(H,30,36)(H,31,34)(H,32,35)(H,37,38)(H4,27,28,29). The van der Waals surface area contributed by atoms with Crippen molar-refractivity contribution >= 4 is 29.7 Å². The van der Waals surface area contributed by atoms with Crippen LogP contribution in [0.15, 0.2) is 35.3 Å². The molecule has 38 heavy (non-hydrogen) atoms. The number of nitrogens with two attached hydrogens (primary N) is 3. The normalized spacial score (nSPS) is 14.9. The van der Waals surface area contributed by atoms with Crippen molar-refractivity contribution in [3.8, 4) is 0 Å². The fraction of sp³-hybridized carbons (Fsp3) is 0.560. The lowest BCUT2D eigenvalue weighted by Gasteiger charge is -2.26. The first-order valence-electron chi connectivity index (χ1n) is 12.5. The van der Waals surface area contributed by atoms with Gasteiger partial charge in [-0.2, -0.15) is 0 Å². The van der Waals surface area contributed by atoms with E-state index in [1.807, 2.05) is 19.9 Å². The van der Waals surface area contributed by atoms with Gasteiger partial charge in [-0.1, -0.05) is 44.2 Å². The van der Waals surface area contributed by atoms with Crippen LogP contribution in [0.3, 0.4) is 0 Å². The summed E-state index contributed by atoms with van der Waals surface area (Å²) in [7, 11) is 0. The van der Waals surface area contributed by atoms with E-state index < -0.39 is 54.0 Å². The van der Waals surface area contributed by atoms with Gasteiger partial charge in [0.05, 0.1) is 12.1 Å². The van der Waals surface area contributed by atoms with E-state index in [4.69, 9.17) is 17.2 Å². The third-order valence-corrected chi connectivity index (χ3v) is 5.60. The quantitative estimate of drug-likeness (QED) is 0.0703. The maximum atomic E-state index is 13.4. The molecule has 0 heterocycles. The number of aliphatic carboxylic acids is 1. The van der Waals surface area contributed by atoms with Gasteiger partial charge in [0, 0.05) is 13.0 Å². The Morgan fingerprint density at radius 2 is 1.50 bits per heavy atom. The third kappa shape index (κ3) is 12.0. The topological polar surface area (TPSA) is 235 Å². The van der Waals surface area contributed by atoms with Crippen LogP contribution < -0.4 is 33.2 Å². The van der Waals surface area contributed by atoms with Gasteiger partial charge in [-0.15, -0.1) is 0 Å². The van der Waals surface area contributed by atoms with E-state index in [0.717, 1.165) is 5.56 Å². The van der Waals surface area contributed by atoms with Crippen LogP contribution in [-0.4, -0.2) is 76.7 Å².